The van der Waals surface area contributed by atoms with Crippen LogP contribution in [-0.4, -0.2) is 0 Å². The number of hydrogen-bond donors (Lipinski definition) is 0. The third-order valence-electron chi connectivity index (χ3n) is 3.94. The highest BCUT2D eigenvalue weighted by atomic mass is 19.3. The summed E-state index contributed by atoms with van der Waals surface area (Å²) in [6, 6.07) is 21.3. The monoisotopic (exact) mass is 308 g/mol. The van der Waals surface area contributed by atoms with Gasteiger partial charge in [0.25, 0.3) is 5.92 Å². The molecule has 0 aromatic heterocycles. The quantitative estimate of drug-likeness (QED) is 0.521. The first-order valence-electron chi connectivity index (χ1n) is 7.76. The van der Waals surface area contributed by atoms with E-state index in [9.17, 15) is 0 Å². The lowest BCUT2D eigenvalue weighted by Crippen LogP contribution is -2.16. The Balaban J connectivity index is 2.12. The Bertz CT molecular complexity index is 833. The predicted molar refractivity (Wildman–Crippen MR) is 92.6 cm³/mol. The summed E-state index contributed by atoms with van der Waals surface area (Å²) < 4.78 is 30.0. The molecule has 0 heterocycles. The molecule has 0 N–H and O–H groups in total. The second-order valence-corrected chi connectivity index (χ2v) is 5.53. The van der Waals surface area contributed by atoms with Crippen molar-refractivity contribution >= 4 is 16.3 Å². The van der Waals surface area contributed by atoms with E-state index in [0.717, 1.165) is 10.8 Å². The highest BCUT2D eigenvalue weighted by Gasteiger charge is 2.36. The first kappa shape index (κ1) is 15.4. The fraction of sp³-hybridized carbons (Fsp3) is 0.143. The number of hydrogen-bond acceptors (Lipinski definition) is 0. The van der Waals surface area contributed by atoms with Gasteiger partial charge in [-0.05, 0) is 28.8 Å². The first-order chi connectivity index (χ1) is 11.1. The van der Waals surface area contributed by atoms with Crippen molar-refractivity contribution in [3.8, 4) is 0 Å². The average molecular weight is 308 g/mol. The maximum atomic E-state index is 15.0. The zero-order valence-electron chi connectivity index (χ0n) is 13.0. The Labute approximate surface area is 135 Å². The van der Waals surface area contributed by atoms with E-state index in [1.807, 2.05) is 43.3 Å². The zero-order valence-corrected chi connectivity index (χ0v) is 13.0. The van der Waals surface area contributed by atoms with E-state index < -0.39 is 5.92 Å². The van der Waals surface area contributed by atoms with Crippen LogP contribution in [0.25, 0.3) is 16.3 Å². The summed E-state index contributed by atoms with van der Waals surface area (Å²) in [7, 11) is 0. The van der Waals surface area contributed by atoms with Gasteiger partial charge < -0.3 is 0 Å². The van der Waals surface area contributed by atoms with Crippen LogP contribution in [0.1, 0.15) is 24.5 Å². The third-order valence-corrected chi connectivity index (χ3v) is 3.94. The van der Waals surface area contributed by atoms with Gasteiger partial charge in [0.15, 0.2) is 0 Å². The minimum Gasteiger partial charge on any atom is -0.196 e. The van der Waals surface area contributed by atoms with Crippen LogP contribution in [0.4, 0.5) is 8.78 Å². The molecule has 0 saturated heterocycles. The number of rotatable bonds is 4. The van der Waals surface area contributed by atoms with Gasteiger partial charge >= 0.3 is 0 Å². The third kappa shape index (κ3) is 3.02. The van der Waals surface area contributed by atoms with Gasteiger partial charge in [-0.1, -0.05) is 79.7 Å². The summed E-state index contributed by atoms with van der Waals surface area (Å²) >= 11 is 0. The number of alkyl halides is 2. The molecule has 3 rings (SSSR count). The van der Waals surface area contributed by atoms with Gasteiger partial charge in [-0.2, -0.15) is 8.78 Å². The van der Waals surface area contributed by atoms with Crippen LogP contribution in [0.3, 0.4) is 0 Å². The predicted octanol–water partition coefficient (Wildman–Crippen LogP) is 6.43. The molecule has 0 saturated carbocycles. The summed E-state index contributed by atoms with van der Waals surface area (Å²) in [5.41, 5.74) is 0.657. The minimum absolute atomic E-state index is 0.0212. The molecule has 116 valence electrons. The fourth-order valence-electron chi connectivity index (χ4n) is 2.79. The van der Waals surface area contributed by atoms with Crippen molar-refractivity contribution < 1.29 is 8.78 Å². The van der Waals surface area contributed by atoms with Crippen molar-refractivity contribution in [3.63, 3.8) is 0 Å². The molecule has 0 aliphatic carbocycles. The highest BCUT2D eigenvalue weighted by molar-refractivity contribution is 5.87. The van der Waals surface area contributed by atoms with Crippen LogP contribution in [0.15, 0.2) is 78.9 Å². The van der Waals surface area contributed by atoms with Crippen LogP contribution in [0.5, 0.6) is 0 Å². The Morgan fingerprint density at radius 2 is 1.52 bits per heavy atom. The van der Waals surface area contributed by atoms with E-state index in [2.05, 4.69) is 0 Å². The SMILES string of the molecule is CCC=C(c1ccc2ccccc2c1)C(F)(F)c1ccccc1. The standard InChI is InChI=1S/C21H18F2/c1-2-8-20(21(22,23)19-11-4-3-5-12-19)18-14-13-16-9-6-7-10-17(16)15-18/h3-15H,2H2,1H3. The lowest BCUT2D eigenvalue weighted by Gasteiger charge is -2.21. The van der Waals surface area contributed by atoms with Gasteiger partial charge in [0.1, 0.15) is 0 Å². The molecule has 0 aliphatic rings. The lowest BCUT2D eigenvalue weighted by molar-refractivity contribution is 0.0641. The molecular formula is C21H18F2. The second-order valence-electron chi connectivity index (χ2n) is 5.53. The van der Waals surface area contributed by atoms with Crippen molar-refractivity contribution in [2.45, 2.75) is 19.3 Å². The molecule has 0 radical (unpaired) electrons. The Morgan fingerprint density at radius 1 is 0.870 bits per heavy atom. The highest BCUT2D eigenvalue weighted by Crippen LogP contribution is 2.42. The van der Waals surface area contributed by atoms with Gasteiger partial charge in [-0.3, -0.25) is 0 Å². The Hall–Kier alpha value is -2.48. The molecule has 0 spiro atoms. The van der Waals surface area contributed by atoms with E-state index >= 15 is 8.78 Å². The molecule has 0 amide bonds. The number of benzene rings is 3. The summed E-state index contributed by atoms with van der Waals surface area (Å²) in [6.07, 6.45) is 2.18. The smallest absolute Gasteiger partial charge is 0.196 e. The van der Waals surface area contributed by atoms with Crippen molar-refractivity contribution in [2.75, 3.05) is 0 Å². The molecule has 0 fully saturated rings. The van der Waals surface area contributed by atoms with Gasteiger partial charge in [-0.25, -0.2) is 0 Å². The van der Waals surface area contributed by atoms with Crippen LogP contribution < -0.4 is 0 Å². The van der Waals surface area contributed by atoms with Crippen molar-refractivity contribution in [1.82, 2.24) is 0 Å². The largest absolute Gasteiger partial charge is 0.298 e. The van der Waals surface area contributed by atoms with Crippen molar-refractivity contribution in [3.05, 3.63) is 90.0 Å². The van der Waals surface area contributed by atoms with E-state index in [0.29, 0.717) is 12.0 Å². The van der Waals surface area contributed by atoms with Gasteiger partial charge in [0, 0.05) is 11.1 Å². The van der Waals surface area contributed by atoms with E-state index in [1.54, 1.807) is 30.3 Å². The molecule has 3 aromatic carbocycles. The second kappa shape index (κ2) is 6.33. The molecule has 23 heavy (non-hydrogen) atoms. The van der Waals surface area contributed by atoms with Crippen LogP contribution in [0, 0.1) is 0 Å². The van der Waals surface area contributed by atoms with Crippen LogP contribution in [0.2, 0.25) is 0 Å². The van der Waals surface area contributed by atoms with Gasteiger partial charge in [-0.15, -0.1) is 0 Å². The molecule has 0 unspecified atom stereocenters. The molecule has 0 bridgehead atoms. The van der Waals surface area contributed by atoms with Crippen LogP contribution >= 0.6 is 0 Å². The summed E-state index contributed by atoms with van der Waals surface area (Å²) in [4.78, 5) is 0. The Kier molecular flexibility index (Phi) is 4.24. The van der Waals surface area contributed by atoms with E-state index in [1.165, 1.54) is 12.1 Å². The van der Waals surface area contributed by atoms with Crippen molar-refractivity contribution in [1.29, 1.82) is 0 Å². The first-order valence-corrected chi connectivity index (χ1v) is 7.76. The maximum absolute atomic E-state index is 15.0. The summed E-state index contributed by atoms with van der Waals surface area (Å²) in [5, 5.41) is 2.02. The molecular weight excluding hydrogens is 290 g/mol. The number of allylic oxidation sites excluding steroid dienone is 2. The van der Waals surface area contributed by atoms with E-state index in [4.69, 9.17) is 0 Å². The summed E-state index contributed by atoms with van der Waals surface area (Å²) in [6.45, 7) is 1.88. The van der Waals surface area contributed by atoms with E-state index in [-0.39, 0.29) is 11.1 Å². The molecule has 0 atom stereocenters. The number of halogens is 2. The van der Waals surface area contributed by atoms with Crippen molar-refractivity contribution in [2.24, 2.45) is 0 Å². The zero-order chi connectivity index (χ0) is 16.3. The number of fused-ring (bicyclic) bond motifs is 1. The van der Waals surface area contributed by atoms with Gasteiger partial charge in [0.2, 0.25) is 0 Å². The molecule has 2 heteroatoms. The Morgan fingerprint density at radius 3 is 2.22 bits per heavy atom. The average Bonchev–Trinajstić information content (AvgIpc) is 2.60. The molecule has 0 aliphatic heterocycles. The topological polar surface area (TPSA) is 0 Å². The maximum Gasteiger partial charge on any atom is 0.298 e. The fourth-order valence-corrected chi connectivity index (χ4v) is 2.79. The lowest BCUT2D eigenvalue weighted by atomic mass is 9.92. The van der Waals surface area contributed by atoms with Crippen LogP contribution in [-0.2, 0) is 5.92 Å². The minimum atomic E-state index is -3.01. The summed E-state index contributed by atoms with van der Waals surface area (Å²) in [5.74, 6) is -3.01. The normalized spacial score (nSPS) is 12.6. The molecule has 3 aromatic rings. The van der Waals surface area contributed by atoms with Gasteiger partial charge in [0.05, 0.1) is 0 Å². The molecule has 0 nitrogen and oxygen atoms in total.